The summed E-state index contributed by atoms with van der Waals surface area (Å²) in [5, 5.41) is 2.71. The van der Waals surface area contributed by atoms with E-state index in [2.05, 4.69) is 11.9 Å². The summed E-state index contributed by atoms with van der Waals surface area (Å²) in [7, 11) is 0. The van der Waals surface area contributed by atoms with Crippen LogP contribution < -0.4 is 5.32 Å². The number of furan rings is 1. The molecular weight excluding hydrogens is 206 g/mol. The van der Waals surface area contributed by atoms with Crippen LogP contribution in [0.3, 0.4) is 0 Å². The van der Waals surface area contributed by atoms with E-state index in [1.165, 1.54) is 6.26 Å². The van der Waals surface area contributed by atoms with Gasteiger partial charge in [0.25, 0.3) is 5.91 Å². The van der Waals surface area contributed by atoms with Gasteiger partial charge in [0.2, 0.25) is 0 Å². The van der Waals surface area contributed by atoms with Crippen LogP contribution in [-0.4, -0.2) is 25.7 Å². The summed E-state index contributed by atoms with van der Waals surface area (Å²) in [6, 6.07) is 1.76. The molecule has 0 fully saturated rings. The van der Waals surface area contributed by atoms with Gasteiger partial charge in [0.05, 0.1) is 19.5 Å². The fourth-order valence-corrected chi connectivity index (χ4v) is 1.17. The van der Waals surface area contributed by atoms with E-state index >= 15 is 0 Å². The highest BCUT2D eigenvalue weighted by atomic mass is 16.5. The van der Waals surface area contributed by atoms with Gasteiger partial charge in [-0.3, -0.25) is 4.79 Å². The molecule has 0 aliphatic heterocycles. The van der Waals surface area contributed by atoms with Crippen LogP contribution in [0.15, 0.2) is 28.9 Å². The van der Waals surface area contributed by atoms with Crippen molar-refractivity contribution in [2.45, 2.75) is 13.8 Å². The van der Waals surface area contributed by atoms with Crippen molar-refractivity contribution in [3.05, 3.63) is 35.8 Å². The van der Waals surface area contributed by atoms with Crippen LogP contribution in [-0.2, 0) is 4.74 Å². The molecule has 0 aliphatic rings. The largest absolute Gasteiger partial charge is 0.459 e. The second-order valence-electron chi connectivity index (χ2n) is 3.70. The molecule has 0 saturated carbocycles. The van der Waals surface area contributed by atoms with Crippen molar-refractivity contribution in [3.8, 4) is 0 Å². The Morgan fingerprint density at radius 1 is 1.62 bits per heavy atom. The second-order valence-corrected chi connectivity index (χ2v) is 3.70. The van der Waals surface area contributed by atoms with Crippen molar-refractivity contribution in [2.24, 2.45) is 0 Å². The molecule has 0 radical (unpaired) electrons. The highest BCUT2D eigenvalue weighted by Gasteiger charge is 2.11. The number of carbonyl (C=O) groups excluding carboxylic acids is 1. The predicted octanol–water partition coefficient (Wildman–Crippen LogP) is 1.91. The lowest BCUT2D eigenvalue weighted by atomic mass is 10.3. The minimum Gasteiger partial charge on any atom is -0.459 e. The van der Waals surface area contributed by atoms with Gasteiger partial charge in [-0.25, -0.2) is 0 Å². The van der Waals surface area contributed by atoms with Gasteiger partial charge in [-0.2, -0.15) is 0 Å². The molecule has 4 heteroatoms. The molecule has 1 aromatic rings. The summed E-state index contributed by atoms with van der Waals surface area (Å²) in [5.41, 5.74) is 1.80. The minimum atomic E-state index is -0.207. The molecule has 1 aromatic heterocycles. The second kappa shape index (κ2) is 6.12. The average Bonchev–Trinajstić information content (AvgIpc) is 2.63. The number of rotatable bonds is 6. The molecule has 0 atom stereocenters. The van der Waals surface area contributed by atoms with E-state index in [0.29, 0.717) is 25.5 Å². The SMILES string of the molecule is C=C(C)COCCNC(=O)c1occc1C. The van der Waals surface area contributed by atoms with Gasteiger partial charge in [-0.1, -0.05) is 12.2 Å². The van der Waals surface area contributed by atoms with E-state index in [1.54, 1.807) is 6.07 Å². The van der Waals surface area contributed by atoms with Gasteiger partial charge in [0, 0.05) is 12.1 Å². The first-order chi connectivity index (χ1) is 7.61. The Balaban J connectivity index is 2.21. The van der Waals surface area contributed by atoms with E-state index in [4.69, 9.17) is 9.15 Å². The Morgan fingerprint density at radius 2 is 2.38 bits per heavy atom. The summed E-state index contributed by atoms with van der Waals surface area (Å²) in [6.45, 7) is 8.89. The zero-order valence-electron chi connectivity index (χ0n) is 9.71. The topological polar surface area (TPSA) is 51.5 Å². The van der Waals surface area contributed by atoms with E-state index in [9.17, 15) is 4.79 Å². The number of aryl methyl sites for hydroxylation is 1. The lowest BCUT2D eigenvalue weighted by Crippen LogP contribution is -2.27. The summed E-state index contributed by atoms with van der Waals surface area (Å²) in [4.78, 5) is 11.5. The van der Waals surface area contributed by atoms with Crippen molar-refractivity contribution in [1.29, 1.82) is 0 Å². The number of hydrogen-bond acceptors (Lipinski definition) is 3. The summed E-state index contributed by atoms with van der Waals surface area (Å²) < 4.78 is 10.3. The fraction of sp³-hybridized carbons (Fsp3) is 0.417. The smallest absolute Gasteiger partial charge is 0.287 e. The molecule has 0 spiro atoms. The average molecular weight is 223 g/mol. The van der Waals surface area contributed by atoms with Crippen LogP contribution in [0, 0.1) is 6.92 Å². The van der Waals surface area contributed by atoms with Gasteiger partial charge in [0.15, 0.2) is 5.76 Å². The molecule has 0 saturated heterocycles. The molecule has 1 heterocycles. The Labute approximate surface area is 95.3 Å². The lowest BCUT2D eigenvalue weighted by Gasteiger charge is -2.05. The predicted molar refractivity (Wildman–Crippen MR) is 61.4 cm³/mol. The molecule has 16 heavy (non-hydrogen) atoms. The molecule has 0 bridgehead atoms. The third-order valence-corrected chi connectivity index (χ3v) is 1.95. The van der Waals surface area contributed by atoms with Gasteiger partial charge >= 0.3 is 0 Å². The van der Waals surface area contributed by atoms with Crippen LogP contribution >= 0.6 is 0 Å². The van der Waals surface area contributed by atoms with Gasteiger partial charge < -0.3 is 14.5 Å². The van der Waals surface area contributed by atoms with Crippen LogP contribution in [0.4, 0.5) is 0 Å². The molecule has 4 nitrogen and oxygen atoms in total. The van der Waals surface area contributed by atoms with Crippen LogP contribution in [0.25, 0.3) is 0 Å². The van der Waals surface area contributed by atoms with E-state index in [0.717, 1.165) is 11.1 Å². The number of nitrogens with one attached hydrogen (secondary N) is 1. The molecule has 1 amide bonds. The summed E-state index contributed by atoms with van der Waals surface area (Å²) in [6.07, 6.45) is 1.50. The molecular formula is C12H17NO3. The molecule has 0 unspecified atom stereocenters. The van der Waals surface area contributed by atoms with E-state index < -0.39 is 0 Å². The maximum atomic E-state index is 11.5. The first-order valence-electron chi connectivity index (χ1n) is 5.15. The number of amides is 1. The number of hydrogen-bond donors (Lipinski definition) is 1. The van der Waals surface area contributed by atoms with Crippen LogP contribution in [0.5, 0.6) is 0 Å². The van der Waals surface area contributed by atoms with Crippen molar-refractivity contribution in [2.75, 3.05) is 19.8 Å². The third-order valence-electron chi connectivity index (χ3n) is 1.95. The molecule has 1 rings (SSSR count). The molecule has 1 N–H and O–H groups in total. The Hall–Kier alpha value is -1.55. The molecule has 88 valence electrons. The van der Waals surface area contributed by atoms with Crippen molar-refractivity contribution < 1.29 is 13.9 Å². The standard InChI is InChI=1S/C12H17NO3/c1-9(2)8-15-7-5-13-12(14)11-10(3)4-6-16-11/h4,6H,1,5,7-8H2,2-3H3,(H,13,14). The van der Waals surface area contributed by atoms with Crippen LogP contribution in [0.2, 0.25) is 0 Å². The third kappa shape index (κ3) is 3.90. The summed E-state index contributed by atoms with van der Waals surface area (Å²) >= 11 is 0. The van der Waals surface area contributed by atoms with Gasteiger partial charge in [-0.05, 0) is 19.9 Å². The molecule has 0 aromatic carbocycles. The fourth-order valence-electron chi connectivity index (χ4n) is 1.17. The quantitative estimate of drug-likeness (QED) is 0.592. The normalized spacial score (nSPS) is 10.1. The first-order valence-corrected chi connectivity index (χ1v) is 5.15. The minimum absolute atomic E-state index is 0.207. The highest BCUT2D eigenvalue weighted by molar-refractivity contribution is 5.92. The Kier molecular flexibility index (Phi) is 4.79. The first kappa shape index (κ1) is 12.5. The maximum Gasteiger partial charge on any atom is 0.287 e. The lowest BCUT2D eigenvalue weighted by molar-refractivity contribution is 0.0899. The van der Waals surface area contributed by atoms with Crippen LogP contribution in [0.1, 0.15) is 23.0 Å². The number of carbonyl (C=O) groups is 1. The zero-order valence-corrected chi connectivity index (χ0v) is 9.71. The van der Waals surface area contributed by atoms with Crippen molar-refractivity contribution in [1.82, 2.24) is 5.32 Å². The number of ether oxygens (including phenoxy) is 1. The highest BCUT2D eigenvalue weighted by Crippen LogP contribution is 2.07. The van der Waals surface area contributed by atoms with Gasteiger partial charge in [0.1, 0.15) is 0 Å². The monoisotopic (exact) mass is 223 g/mol. The van der Waals surface area contributed by atoms with Gasteiger partial charge in [-0.15, -0.1) is 0 Å². The summed E-state index contributed by atoms with van der Waals surface area (Å²) in [5.74, 6) is 0.154. The van der Waals surface area contributed by atoms with Crippen molar-refractivity contribution >= 4 is 5.91 Å². The zero-order chi connectivity index (χ0) is 12.0. The Bertz CT molecular complexity index is 368. The molecule has 0 aliphatic carbocycles. The van der Waals surface area contributed by atoms with E-state index in [1.807, 2.05) is 13.8 Å². The maximum absolute atomic E-state index is 11.5. The van der Waals surface area contributed by atoms with E-state index in [-0.39, 0.29) is 5.91 Å². The Morgan fingerprint density at radius 3 is 2.94 bits per heavy atom. The van der Waals surface area contributed by atoms with Crippen molar-refractivity contribution in [3.63, 3.8) is 0 Å².